The molecule has 0 radical (unpaired) electrons. The van der Waals surface area contributed by atoms with Gasteiger partial charge in [0, 0.05) is 107 Å². The van der Waals surface area contributed by atoms with Crippen molar-refractivity contribution < 1.29 is 52.2 Å². The summed E-state index contributed by atoms with van der Waals surface area (Å²) in [4.78, 5) is 67.7. The molecule has 6 N–H and O–H groups in total. The van der Waals surface area contributed by atoms with Crippen molar-refractivity contribution in [1.29, 1.82) is 0 Å². The number of halogens is 2. The summed E-state index contributed by atoms with van der Waals surface area (Å²) in [5.41, 5.74) is 12.5. The van der Waals surface area contributed by atoms with Gasteiger partial charge in [0.05, 0.1) is 106 Å². The van der Waals surface area contributed by atoms with Crippen LogP contribution in [-0.4, -0.2) is 181 Å². The number of hydrogen-bond donors (Lipinski definition) is 6. The summed E-state index contributed by atoms with van der Waals surface area (Å²) >= 11 is 12.8. The number of likely N-dealkylation sites (N-methyl/N-ethyl adjacent to an activating group) is 1. The first-order valence-corrected chi connectivity index (χ1v) is 42.7. The second kappa shape index (κ2) is 42.1. The maximum absolute atomic E-state index is 12.8. The van der Waals surface area contributed by atoms with Gasteiger partial charge >= 0.3 is 0 Å². The van der Waals surface area contributed by atoms with Gasteiger partial charge in [0.25, 0.3) is 0 Å². The Hall–Kier alpha value is -12.1. The number of amides is 2. The van der Waals surface area contributed by atoms with Gasteiger partial charge in [-0.05, 0) is 207 Å². The van der Waals surface area contributed by atoms with Gasteiger partial charge in [0.2, 0.25) is 11.8 Å². The predicted molar refractivity (Wildman–Crippen MR) is 483 cm³/mol. The third-order valence-electron chi connectivity index (χ3n) is 22.2. The van der Waals surface area contributed by atoms with Crippen molar-refractivity contribution in [3.63, 3.8) is 0 Å². The predicted octanol–water partition coefficient (Wildman–Crippen LogP) is 17.6. The van der Waals surface area contributed by atoms with E-state index in [0.29, 0.717) is 146 Å². The van der Waals surface area contributed by atoms with E-state index >= 15 is 0 Å². The molecule has 5 aliphatic rings. The fourth-order valence-electron chi connectivity index (χ4n) is 15.3. The fourth-order valence-corrected chi connectivity index (χ4v) is 15.7. The zero-order valence-corrected chi connectivity index (χ0v) is 72.7. The van der Waals surface area contributed by atoms with Crippen LogP contribution in [0.25, 0.3) is 43.6 Å². The average Bonchev–Trinajstić information content (AvgIpc) is 1.59. The van der Waals surface area contributed by atoms with E-state index in [9.17, 15) is 9.59 Å². The van der Waals surface area contributed by atoms with Crippen LogP contribution in [0.1, 0.15) is 105 Å². The maximum atomic E-state index is 12.8. The molecule has 3 atom stereocenters. The Bertz CT molecular complexity index is 5700. The van der Waals surface area contributed by atoms with Crippen molar-refractivity contribution in [3.8, 4) is 51.7 Å². The normalized spacial score (nSPS) is 17.5. The molecular weight excluding hydrogens is 1600 g/mol. The number of nitrogens with one attached hydrogen (secondary N) is 6. The lowest BCUT2D eigenvalue weighted by Gasteiger charge is -2.32. The van der Waals surface area contributed by atoms with Crippen LogP contribution in [-0.2, 0) is 29.2 Å². The number of piperidine rings is 1. The minimum Gasteiger partial charge on any atom is -0.493 e. The smallest absolute Gasteiger partial charge is 0.237 e. The minimum atomic E-state index is -0.267. The Morgan fingerprint density at radius 3 is 1.31 bits per heavy atom. The molecule has 9 heterocycles. The molecule has 10 bridgehead atoms. The Morgan fingerprint density at radius 1 is 0.415 bits per heavy atom. The molecule has 12 aromatic rings. The molecule has 5 aliphatic heterocycles. The number of carbonyl (C=O) groups is 2. The zero-order valence-electron chi connectivity index (χ0n) is 71.1. The van der Waals surface area contributed by atoms with E-state index in [0.717, 1.165) is 179 Å². The Morgan fingerprint density at radius 2 is 0.829 bits per heavy atom. The summed E-state index contributed by atoms with van der Waals surface area (Å²) in [5.74, 6) is 8.73. The summed E-state index contributed by atoms with van der Waals surface area (Å²) in [6.07, 6.45) is 16.8. The van der Waals surface area contributed by atoms with Crippen molar-refractivity contribution in [2.24, 2.45) is 5.92 Å². The lowest BCUT2D eigenvalue weighted by molar-refractivity contribution is -0.127. The first-order chi connectivity index (χ1) is 60.0. The van der Waals surface area contributed by atoms with Crippen LogP contribution >= 0.6 is 23.2 Å². The molecule has 28 nitrogen and oxygen atoms in total. The Balaban J connectivity index is 0.000000134. The zero-order chi connectivity index (χ0) is 85.7. The standard InChI is InChI=1S/C25H28ClN5O3.C24H29N5O3.C23H28N4O2.C21H22ClN3O3/c1-33-22-12-21-19-11-23(22)34-9-3-7-27-25(32)17-4-2-8-31(14-17)13-16-5-6-18(26)10-20(16)30-24(19)29-15-28-21;1-15-6-7-17-13-29(3)16(2)24(30)25-8-5-9-32-22-11-18-20(12-21(22)31-4)26-14-27-23(18)28-19(17)10-15;1-16-7-8-17-14-27(2)9-5-4-6-10-29-22-12-18-20(13-21(22)28-3)24-15-25-23(18)26-19(17)11-16;1-26-18-12-17-14-11-19(18)27-9-4-2-3-5-10-28-20-15(22)7-6-8-16(20)25-21(14)24-13-23-17/h5-6,10-12,15,17H,2-4,7-9,13-14H2,1H3,(H,27,32)(H,28,29,30);6-7,10-12,14,16H,5,8-9,13H2,1-4H3,(H,25,30)(H,26,27,28);7-8,11-13,15H,4-6,9-10,14H2,1-3H3,(H,24,25,26);6-8,11-13H,2-5,9-10H2,1H3,(H,23,24,25)/t;16-;;/m.0../s1. The first kappa shape index (κ1) is 87.3. The summed E-state index contributed by atoms with van der Waals surface area (Å²) in [5, 5.41) is 24.6. The number of nitrogens with zero attached hydrogens (tertiary/aromatic N) is 11. The van der Waals surface area contributed by atoms with Crippen LogP contribution in [0.5, 0.6) is 51.7 Å². The molecule has 2 amide bonds. The van der Waals surface area contributed by atoms with Gasteiger partial charge in [0.1, 0.15) is 48.6 Å². The summed E-state index contributed by atoms with van der Waals surface area (Å²) in [7, 11) is 10.6. The number of anilines is 8. The molecule has 0 aliphatic carbocycles. The molecule has 8 aromatic carbocycles. The van der Waals surface area contributed by atoms with E-state index in [1.165, 1.54) is 30.1 Å². The lowest BCUT2D eigenvalue weighted by Crippen LogP contribution is -2.43. The molecular formula is C93H107Cl2N17O11. The summed E-state index contributed by atoms with van der Waals surface area (Å²) in [6, 6.07) is 39.2. The number of benzene rings is 8. The molecule has 2 unspecified atom stereocenters. The van der Waals surface area contributed by atoms with Crippen LogP contribution in [0, 0.1) is 19.8 Å². The number of hydrogen-bond acceptors (Lipinski definition) is 26. The lowest BCUT2D eigenvalue weighted by atomic mass is 9.96. The quantitative estimate of drug-likeness (QED) is 0.0954. The third-order valence-corrected chi connectivity index (χ3v) is 22.7. The monoisotopic (exact) mass is 1710 g/mol. The molecule has 17 rings (SSSR count). The van der Waals surface area contributed by atoms with Crippen LogP contribution in [0.15, 0.2) is 147 Å². The van der Waals surface area contributed by atoms with Gasteiger partial charge in [-0.15, -0.1) is 0 Å². The number of fused-ring (bicyclic) bond motifs is 10. The summed E-state index contributed by atoms with van der Waals surface area (Å²) in [6.45, 7) is 15.0. The highest BCUT2D eigenvalue weighted by molar-refractivity contribution is 6.32. The van der Waals surface area contributed by atoms with Gasteiger partial charge < -0.3 is 79.4 Å². The molecule has 1 saturated heterocycles. The van der Waals surface area contributed by atoms with Crippen LogP contribution in [0.2, 0.25) is 10.0 Å². The highest BCUT2D eigenvalue weighted by Crippen LogP contribution is 2.43. The van der Waals surface area contributed by atoms with Crippen LogP contribution in [0.4, 0.5) is 46.0 Å². The van der Waals surface area contributed by atoms with E-state index in [1.807, 2.05) is 104 Å². The molecule has 4 aromatic heterocycles. The van der Waals surface area contributed by atoms with Gasteiger partial charge in [0.15, 0.2) is 51.7 Å². The number of carbonyl (C=O) groups excluding carboxylic acids is 2. The van der Waals surface area contributed by atoms with Crippen molar-refractivity contribution >= 4 is 125 Å². The molecule has 0 spiro atoms. The fraction of sp³-hybridized carbons (Fsp3) is 0.376. The number of para-hydroxylation sites is 1. The molecule has 30 heteroatoms. The second-order valence-electron chi connectivity index (χ2n) is 31.1. The molecule has 1 fully saturated rings. The number of methoxy groups -OCH3 is 4. The van der Waals surface area contributed by atoms with Crippen LogP contribution < -0.4 is 74.5 Å². The van der Waals surface area contributed by atoms with E-state index in [2.05, 4.69) is 139 Å². The number of aryl methyl sites for hydroxylation is 2. The Labute approximate surface area is 726 Å². The van der Waals surface area contributed by atoms with Crippen molar-refractivity contribution in [2.45, 2.75) is 117 Å². The van der Waals surface area contributed by atoms with E-state index in [4.69, 9.17) is 65.8 Å². The highest BCUT2D eigenvalue weighted by atomic mass is 35.5. The van der Waals surface area contributed by atoms with Crippen molar-refractivity contribution in [1.82, 2.24) is 65.2 Å². The highest BCUT2D eigenvalue weighted by Gasteiger charge is 2.28. The van der Waals surface area contributed by atoms with Crippen LogP contribution in [0.3, 0.4) is 0 Å². The van der Waals surface area contributed by atoms with Gasteiger partial charge in [-0.3, -0.25) is 19.4 Å². The Kier molecular flexibility index (Phi) is 29.9. The van der Waals surface area contributed by atoms with E-state index in [-0.39, 0.29) is 23.8 Å². The van der Waals surface area contributed by atoms with Gasteiger partial charge in [-0.25, -0.2) is 39.9 Å². The maximum Gasteiger partial charge on any atom is 0.237 e. The van der Waals surface area contributed by atoms with Crippen molar-refractivity contribution in [2.75, 3.05) is 130 Å². The second-order valence-corrected chi connectivity index (χ2v) is 32.0. The van der Waals surface area contributed by atoms with Gasteiger partial charge in [-0.1, -0.05) is 59.6 Å². The number of rotatable bonds is 4. The van der Waals surface area contributed by atoms with E-state index in [1.54, 1.807) is 34.8 Å². The largest absolute Gasteiger partial charge is 0.493 e. The topological polar surface area (TPSA) is 302 Å². The SMILES string of the molecule is COc1cc2ncnc3c2cc1OCCCCCCOc1c(Cl)cccc1N3.COc1cc2ncnc3c2cc1OCCCCCN(C)Cc1ccc(C)cc1N3.COc1cc2ncnc3c2cc1OCCCNC(=O)C1CCCN(Cc2ccc(Cl)cc2N3)C1.COc1cc2ncnc3c2cc1OCCCNC(=O)[C@H](C)N(C)Cc1ccc(C)cc1N3. The molecule has 123 heavy (non-hydrogen) atoms. The number of ether oxygens (including phenoxy) is 9. The average molecular weight is 1710 g/mol. The van der Waals surface area contributed by atoms with E-state index < -0.39 is 0 Å². The third kappa shape index (κ3) is 22.4. The van der Waals surface area contributed by atoms with Gasteiger partial charge in [-0.2, -0.15) is 0 Å². The molecule has 644 valence electrons. The number of aromatic nitrogens is 8. The first-order valence-electron chi connectivity index (χ1n) is 41.9. The van der Waals surface area contributed by atoms with Crippen molar-refractivity contribution in [3.05, 3.63) is 184 Å². The molecule has 0 saturated carbocycles. The summed E-state index contributed by atoms with van der Waals surface area (Å²) < 4.78 is 52.1. The minimum absolute atomic E-state index is 0.00157.